The molecule has 7 heteroatoms. The zero-order chi connectivity index (χ0) is 13.0. The summed E-state index contributed by atoms with van der Waals surface area (Å²) in [5.74, 6) is 0.621. The van der Waals surface area contributed by atoms with Gasteiger partial charge in [-0.05, 0) is 0 Å². The molecule has 1 aliphatic heterocycles. The molecule has 7 nitrogen and oxygen atoms in total. The second-order valence-corrected chi connectivity index (χ2v) is 3.73. The molecule has 18 heavy (non-hydrogen) atoms. The minimum atomic E-state index is -0.599. The molecule has 1 unspecified atom stereocenters. The lowest BCUT2D eigenvalue weighted by Crippen LogP contribution is -2.47. The third kappa shape index (κ3) is 2.67. The van der Waals surface area contributed by atoms with Crippen LogP contribution < -0.4 is 9.64 Å². The Balaban J connectivity index is 2.10. The highest BCUT2D eigenvalue weighted by atomic mass is 16.6. The maximum atomic E-state index is 11.4. The quantitative estimate of drug-likeness (QED) is 0.694. The van der Waals surface area contributed by atoms with Gasteiger partial charge in [0.25, 0.3) is 0 Å². The second kappa shape index (κ2) is 5.63. The van der Waals surface area contributed by atoms with Crippen molar-refractivity contribution in [2.75, 3.05) is 38.8 Å². The first-order valence-corrected chi connectivity index (χ1v) is 5.56. The zero-order valence-corrected chi connectivity index (χ0v) is 10.3. The Morgan fingerprint density at radius 1 is 1.56 bits per heavy atom. The molecule has 1 aromatic rings. The number of carbonyl (C=O) groups excluding carboxylic acids is 1. The van der Waals surface area contributed by atoms with Crippen LogP contribution in [0, 0.1) is 0 Å². The van der Waals surface area contributed by atoms with E-state index in [4.69, 9.17) is 9.47 Å². The van der Waals surface area contributed by atoms with Crippen LogP contribution in [-0.2, 0) is 14.3 Å². The molecule has 1 atom stereocenters. The van der Waals surface area contributed by atoms with Gasteiger partial charge in [-0.25, -0.2) is 9.78 Å². The first-order valence-electron chi connectivity index (χ1n) is 5.56. The first-order chi connectivity index (χ1) is 8.74. The zero-order valence-electron chi connectivity index (χ0n) is 10.3. The highest BCUT2D eigenvalue weighted by Gasteiger charge is 2.28. The fraction of sp³-hybridized carbons (Fsp3) is 0.545. The summed E-state index contributed by atoms with van der Waals surface area (Å²) in [7, 11) is 2.88. The summed E-state index contributed by atoms with van der Waals surface area (Å²) in [5.41, 5.74) is 0. The Hall–Kier alpha value is -1.89. The van der Waals surface area contributed by atoms with Gasteiger partial charge >= 0.3 is 5.97 Å². The van der Waals surface area contributed by atoms with Crippen molar-refractivity contribution < 1.29 is 19.0 Å². The normalized spacial score (nSPS) is 19.4. The van der Waals surface area contributed by atoms with Crippen molar-refractivity contribution in [3.05, 3.63) is 12.3 Å². The standard InChI is InChI=1S/C11H15N3O4/c1-16-9-3-4-12-11(13-9)14-5-6-18-8(7-14)10(15)17-2/h3-4,8H,5-7H2,1-2H3. The van der Waals surface area contributed by atoms with Gasteiger partial charge in [0.05, 0.1) is 27.4 Å². The van der Waals surface area contributed by atoms with Gasteiger partial charge in [-0.3, -0.25) is 0 Å². The minimum absolute atomic E-state index is 0.375. The van der Waals surface area contributed by atoms with E-state index in [0.29, 0.717) is 31.5 Å². The molecule has 0 aromatic carbocycles. The number of morpholine rings is 1. The number of methoxy groups -OCH3 is 2. The van der Waals surface area contributed by atoms with E-state index in [1.54, 1.807) is 19.4 Å². The Morgan fingerprint density at radius 2 is 2.39 bits per heavy atom. The van der Waals surface area contributed by atoms with Gasteiger partial charge in [-0.2, -0.15) is 4.98 Å². The van der Waals surface area contributed by atoms with E-state index in [0.717, 1.165) is 0 Å². The van der Waals surface area contributed by atoms with Gasteiger partial charge in [0, 0.05) is 18.8 Å². The second-order valence-electron chi connectivity index (χ2n) is 3.73. The molecule has 0 radical (unpaired) electrons. The molecule has 0 amide bonds. The van der Waals surface area contributed by atoms with Crippen molar-refractivity contribution in [2.24, 2.45) is 0 Å². The predicted octanol–water partition coefficient (Wildman–Crippen LogP) is -0.137. The van der Waals surface area contributed by atoms with E-state index in [1.165, 1.54) is 7.11 Å². The lowest BCUT2D eigenvalue weighted by atomic mass is 10.3. The van der Waals surface area contributed by atoms with Crippen LogP contribution in [0.25, 0.3) is 0 Å². The van der Waals surface area contributed by atoms with Crippen molar-refractivity contribution in [1.82, 2.24) is 9.97 Å². The molecule has 2 heterocycles. The number of esters is 1. The topological polar surface area (TPSA) is 73.8 Å². The Kier molecular flexibility index (Phi) is 3.93. The van der Waals surface area contributed by atoms with Gasteiger partial charge < -0.3 is 19.1 Å². The van der Waals surface area contributed by atoms with Crippen LogP contribution in [0.15, 0.2) is 12.3 Å². The average Bonchev–Trinajstić information content (AvgIpc) is 2.46. The van der Waals surface area contributed by atoms with Crippen molar-refractivity contribution in [3.63, 3.8) is 0 Å². The molecule has 2 rings (SSSR count). The summed E-state index contributed by atoms with van der Waals surface area (Å²) >= 11 is 0. The molecule has 0 bridgehead atoms. The molecular weight excluding hydrogens is 238 g/mol. The summed E-state index contributed by atoms with van der Waals surface area (Å²) in [4.78, 5) is 21.7. The highest BCUT2D eigenvalue weighted by Crippen LogP contribution is 2.16. The fourth-order valence-corrected chi connectivity index (χ4v) is 1.70. The number of nitrogens with zero attached hydrogens (tertiary/aromatic N) is 3. The van der Waals surface area contributed by atoms with Crippen LogP contribution in [0.2, 0.25) is 0 Å². The Labute approximate surface area is 105 Å². The predicted molar refractivity (Wildman–Crippen MR) is 62.6 cm³/mol. The number of hydrogen-bond donors (Lipinski definition) is 0. The summed E-state index contributed by atoms with van der Waals surface area (Å²) in [6.45, 7) is 1.43. The molecule has 0 N–H and O–H groups in total. The Bertz CT molecular complexity index is 427. The molecule has 1 saturated heterocycles. The largest absolute Gasteiger partial charge is 0.481 e. The van der Waals surface area contributed by atoms with Gasteiger partial charge in [0.15, 0.2) is 6.10 Å². The van der Waals surface area contributed by atoms with Gasteiger partial charge in [-0.1, -0.05) is 0 Å². The maximum Gasteiger partial charge on any atom is 0.336 e. The smallest absolute Gasteiger partial charge is 0.336 e. The van der Waals surface area contributed by atoms with Crippen LogP contribution in [0.1, 0.15) is 0 Å². The molecule has 0 saturated carbocycles. The van der Waals surface area contributed by atoms with Crippen LogP contribution >= 0.6 is 0 Å². The lowest BCUT2D eigenvalue weighted by Gasteiger charge is -2.31. The van der Waals surface area contributed by atoms with E-state index in [-0.39, 0.29) is 5.97 Å². The summed E-state index contributed by atoms with van der Waals surface area (Å²) in [6, 6.07) is 1.67. The number of carbonyl (C=O) groups is 1. The number of ether oxygens (including phenoxy) is 3. The summed E-state index contributed by atoms with van der Waals surface area (Å²) in [5, 5.41) is 0. The van der Waals surface area contributed by atoms with Gasteiger partial charge in [0.2, 0.25) is 11.8 Å². The number of rotatable bonds is 3. The van der Waals surface area contributed by atoms with Crippen molar-refractivity contribution in [1.29, 1.82) is 0 Å². The molecule has 0 spiro atoms. The third-order valence-corrected chi connectivity index (χ3v) is 2.64. The number of aromatic nitrogens is 2. The third-order valence-electron chi connectivity index (χ3n) is 2.64. The monoisotopic (exact) mass is 253 g/mol. The van der Waals surface area contributed by atoms with E-state index in [2.05, 4.69) is 14.7 Å². The van der Waals surface area contributed by atoms with E-state index >= 15 is 0 Å². The van der Waals surface area contributed by atoms with Crippen molar-refractivity contribution >= 4 is 11.9 Å². The molecule has 98 valence electrons. The van der Waals surface area contributed by atoms with E-state index in [1.807, 2.05) is 4.90 Å². The fourth-order valence-electron chi connectivity index (χ4n) is 1.70. The maximum absolute atomic E-state index is 11.4. The molecular formula is C11H15N3O4. The molecule has 0 aliphatic carbocycles. The summed E-state index contributed by atoms with van der Waals surface area (Å²) < 4.78 is 15.0. The van der Waals surface area contributed by atoms with Gasteiger partial charge in [-0.15, -0.1) is 0 Å². The van der Waals surface area contributed by atoms with E-state index in [9.17, 15) is 4.79 Å². The summed E-state index contributed by atoms with van der Waals surface area (Å²) in [6.07, 6.45) is 1.02. The highest BCUT2D eigenvalue weighted by molar-refractivity contribution is 5.75. The SMILES string of the molecule is COC(=O)C1CN(c2nccc(OC)n2)CCO1. The van der Waals surface area contributed by atoms with Crippen LogP contribution in [0.3, 0.4) is 0 Å². The Morgan fingerprint density at radius 3 is 3.11 bits per heavy atom. The molecule has 1 aromatic heterocycles. The van der Waals surface area contributed by atoms with Crippen LogP contribution in [0.4, 0.5) is 5.95 Å². The van der Waals surface area contributed by atoms with Crippen LogP contribution in [0.5, 0.6) is 5.88 Å². The first kappa shape index (κ1) is 12.6. The van der Waals surface area contributed by atoms with Gasteiger partial charge in [0.1, 0.15) is 0 Å². The number of hydrogen-bond acceptors (Lipinski definition) is 7. The minimum Gasteiger partial charge on any atom is -0.481 e. The van der Waals surface area contributed by atoms with E-state index < -0.39 is 6.10 Å². The van der Waals surface area contributed by atoms with Crippen molar-refractivity contribution in [3.8, 4) is 5.88 Å². The average molecular weight is 253 g/mol. The molecule has 1 fully saturated rings. The van der Waals surface area contributed by atoms with Crippen molar-refractivity contribution in [2.45, 2.75) is 6.10 Å². The molecule has 1 aliphatic rings. The van der Waals surface area contributed by atoms with Crippen LogP contribution in [-0.4, -0.2) is 56.0 Å². The lowest BCUT2D eigenvalue weighted by molar-refractivity contribution is -0.154. The number of anilines is 1.